The van der Waals surface area contributed by atoms with E-state index >= 15 is 0 Å². The molecule has 196 valence electrons. The van der Waals surface area contributed by atoms with Gasteiger partial charge in [-0.2, -0.15) is 0 Å². The molecule has 38 heavy (non-hydrogen) atoms. The topological polar surface area (TPSA) is 99.2 Å². The summed E-state index contributed by atoms with van der Waals surface area (Å²) in [7, 11) is 0. The summed E-state index contributed by atoms with van der Waals surface area (Å²) in [6.07, 6.45) is -1.30. The van der Waals surface area contributed by atoms with Crippen molar-refractivity contribution >= 4 is 18.0 Å². The van der Waals surface area contributed by atoms with Gasteiger partial charge in [0.15, 0.2) is 0 Å². The van der Waals surface area contributed by atoms with Crippen LogP contribution in [0.1, 0.15) is 29.0 Å². The van der Waals surface area contributed by atoms with Crippen LogP contribution in [0.3, 0.4) is 0 Å². The predicted molar refractivity (Wildman–Crippen MR) is 143 cm³/mol. The fourth-order valence-electron chi connectivity index (χ4n) is 5.35. The van der Waals surface area contributed by atoms with Gasteiger partial charge in [-0.1, -0.05) is 78.9 Å². The molecule has 2 aliphatic rings. The summed E-state index contributed by atoms with van der Waals surface area (Å²) in [5, 5.41) is 11.9. The van der Waals surface area contributed by atoms with Crippen molar-refractivity contribution in [3.63, 3.8) is 0 Å². The third-order valence-corrected chi connectivity index (χ3v) is 7.25. The highest BCUT2D eigenvalue weighted by atomic mass is 16.5. The average Bonchev–Trinajstić information content (AvgIpc) is 3.25. The monoisotopic (exact) mass is 513 g/mol. The second-order valence-corrected chi connectivity index (χ2v) is 9.71. The first-order chi connectivity index (χ1) is 18.5. The van der Waals surface area contributed by atoms with Crippen LogP contribution >= 0.6 is 0 Å². The van der Waals surface area contributed by atoms with Crippen LogP contribution in [0.2, 0.25) is 0 Å². The molecule has 8 nitrogen and oxygen atoms in total. The van der Waals surface area contributed by atoms with Gasteiger partial charge >= 0.3 is 12.1 Å². The van der Waals surface area contributed by atoms with Crippen LogP contribution in [-0.4, -0.2) is 71.7 Å². The Morgan fingerprint density at radius 3 is 2.03 bits per heavy atom. The highest BCUT2D eigenvalue weighted by molar-refractivity contribution is 5.89. The van der Waals surface area contributed by atoms with Crippen LogP contribution in [0, 0.1) is 0 Å². The normalized spacial score (nSPS) is 15.8. The molecule has 0 bridgehead atoms. The van der Waals surface area contributed by atoms with E-state index in [0.717, 1.165) is 28.8 Å². The summed E-state index contributed by atoms with van der Waals surface area (Å²) >= 11 is 0. The quantitative estimate of drug-likeness (QED) is 0.477. The Kier molecular flexibility index (Phi) is 7.70. The molecule has 3 aromatic rings. The highest BCUT2D eigenvalue weighted by Gasteiger charge is 2.32. The molecule has 1 aliphatic heterocycles. The molecule has 8 heteroatoms. The van der Waals surface area contributed by atoms with E-state index in [9.17, 15) is 19.5 Å². The standard InChI is InChI=1S/C30H31N3O5/c34-28(35)18-27(29(36)33-16-14-32(15-17-33)19-21-8-2-1-3-9-21)31-30(37)38-20-26-24-12-6-4-10-22(24)23-11-5-7-13-25(23)26/h1-13,26-27H,14-20H2,(H,31,37)(H,34,35). The molecule has 0 aromatic heterocycles. The molecule has 1 fully saturated rings. The number of hydrogen-bond donors (Lipinski definition) is 2. The van der Waals surface area contributed by atoms with Gasteiger partial charge in [-0.15, -0.1) is 0 Å². The first-order valence-corrected chi connectivity index (χ1v) is 12.9. The number of carboxylic acids is 1. The van der Waals surface area contributed by atoms with Crippen molar-refractivity contribution in [3.8, 4) is 11.1 Å². The molecule has 0 radical (unpaired) electrons. The predicted octanol–water partition coefficient (Wildman–Crippen LogP) is 3.71. The van der Waals surface area contributed by atoms with Crippen molar-refractivity contribution < 1.29 is 24.2 Å². The zero-order valence-electron chi connectivity index (χ0n) is 21.1. The van der Waals surface area contributed by atoms with Gasteiger partial charge in [-0.3, -0.25) is 14.5 Å². The van der Waals surface area contributed by atoms with Gasteiger partial charge in [0.25, 0.3) is 0 Å². The number of carboxylic acid groups (broad SMARTS) is 1. The number of piperazine rings is 1. The second kappa shape index (κ2) is 11.5. The van der Waals surface area contributed by atoms with Crippen molar-refractivity contribution in [2.75, 3.05) is 32.8 Å². The van der Waals surface area contributed by atoms with Gasteiger partial charge in [0.2, 0.25) is 5.91 Å². The number of alkyl carbamates (subject to hydrolysis) is 1. The number of nitrogens with one attached hydrogen (secondary N) is 1. The van der Waals surface area contributed by atoms with E-state index in [4.69, 9.17) is 4.74 Å². The molecule has 5 rings (SSSR count). The first kappa shape index (κ1) is 25.5. The largest absolute Gasteiger partial charge is 0.481 e. The number of carbonyl (C=O) groups is 3. The molecular formula is C30H31N3O5. The minimum absolute atomic E-state index is 0.0893. The molecule has 2 amide bonds. The minimum atomic E-state index is -1.19. The lowest BCUT2D eigenvalue weighted by Gasteiger charge is -2.36. The number of benzene rings is 3. The molecule has 1 saturated heterocycles. The van der Waals surface area contributed by atoms with Gasteiger partial charge in [-0.25, -0.2) is 4.79 Å². The molecule has 1 aliphatic carbocycles. The number of aliphatic carboxylic acids is 1. The summed E-state index contributed by atoms with van der Waals surface area (Å²) in [4.78, 5) is 41.3. The van der Waals surface area contributed by atoms with Gasteiger partial charge < -0.3 is 20.1 Å². The second-order valence-electron chi connectivity index (χ2n) is 9.71. The fraction of sp³-hybridized carbons (Fsp3) is 0.300. The van der Waals surface area contributed by atoms with E-state index in [1.807, 2.05) is 54.6 Å². The summed E-state index contributed by atoms with van der Waals surface area (Å²) < 4.78 is 5.55. The fourth-order valence-corrected chi connectivity index (χ4v) is 5.35. The van der Waals surface area contributed by atoms with Gasteiger partial charge in [0.1, 0.15) is 12.6 Å². The number of ether oxygens (including phenoxy) is 1. The van der Waals surface area contributed by atoms with Crippen molar-refractivity contribution in [2.45, 2.75) is 24.9 Å². The van der Waals surface area contributed by atoms with Gasteiger partial charge in [0.05, 0.1) is 6.42 Å². The van der Waals surface area contributed by atoms with Crippen LogP contribution in [0.15, 0.2) is 78.9 Å². The van der Waals surface area contributed by atoms with E-state index in [2.05, 4.69) is 34.5 Å². The van der Waals surface area contributed by atoms with E-state index in [0.29, 0.717) is 26.2 Å². The maximum atomic E-state index is 13.2. The van der Waals surface area contributed by atoms with Crippen LogP contribution in [-0.2, 0) is 20.9 Å². The molecule has 0 saturated carbocycles. The van der Waals surface area contributed by atoms with Crippen molar-refractivity contribution in [1.82, 2.24) is 15.1 Å². The Balaban J connectivity index is 1.18. The smallest absolute Gasteiger partial charge is 0.407 e. The number of fused-ring (bicyclic) bond motifs is 3. The summed E-state index contributed by atoms with van der Waals surface area (Å²) in [6, 6.07) is 25.0. The van der Waals surface area contributed by atoms with E-state index in [1.54, 1.807) is 4.90 Å². The van der Waals surface area contributed by atoms with E-state index in [-0.39, 0.29) is 12.5 Å². The SMILES string of the molecule is O=C(O)CC(NC(=O)OCC1c2ccccc2-c2ccccc21)C(=O)N1CCN(Cc2ccccc2)CC1. The first-order valence-electron chi connectivity index (χ1n) is 12.9. The van der Waals surface area contributed by atoms with E-state index in [1.165, 1.54) is 5.56 Å². The molecule has 1 atom stereocenters. The molecule has 1 unspecified atom stereocenters. The number of hydrogen-bond acceptors (Lipinski definition) is 5. The maximum Gasteiger partial charge on any atom is 0.407 e. The van der Waals surface area contributed by atoms with Crippen molar-refractivity contribution in [1.29, 1.82) is 0 Å². The lowest BCUT2D eigenvalue weighted by atomic mass is 9.98. The molecular weight excluding hydrogens is 482 g/mol. The Hall–Kier alpha value is -4.17. The number of rotatable bonds is 8. The third-order valence-electron chi connectivity index (χ3n) is 7.25. The summed E-state index contributed by atoms with van der Waals surface area (Å²) in [5.74, 6) is -1.69. The lowest BCUT2D eigenvalue weighted by Crippen LogP contribution is -2.55. The average molecular weight is 514 g/mol. The molecule has 2 N–H and O–H groups in total. The van der Waals surface area contributed by atoms with Crippen molar-refractivity contribution in [3.05, 3.63) is 95.6 Å². The van der Waals surface area contributed by atoms with Gasteiger partial charge in [-0.05, 0) is 27.8 Å². The Bertz CT molecular complexity index is 1260. The summed E-state index contributed by atoms with van der Waals surface area (Å²) in [5.41, 5.74) is 5.58. The maximum absolute atomic E-state index is 13.2. The van der Waals surface area contributed by atoms with Crippen molar-refractivity contribution in [2.24, 2.45) is 0 Å². The van der Waals surface area contributed by atoms with Crippen LogP contribution in [0.4, 0.5) is 4.79 Å². The van der Waals surface area contributed by atoms with Crippen LogP contribution in [0.25, 0.3) is 11.1 Å². The number of amides is 2. The Morgan fingerprint density at radius 2 is 1.42 bits per heavy atom. The minimum Gasteiger partial charge on any atom is -0.481 e. The zero-order valence-corrected chi connectivity index (χ0v) is 21.1. The molecule has 0 spiro atoms. The summed E-state index contributed by atoms with van der Waals surface area (Å²) in [6.45, 7) is 3.16. The number of nitrogens with zero attached hydrogens (tertiary/aromatic N) is 2. The Labute approximate surface area is 221 Å². The number of carbonyl (C=O) groups excluding carboxylic acids is 2. The molecule has 1 heterocycles. The third kappa shape index (κ3) is 5.70. The van der Waals surface area contributed by atoms with Crippen LogP contribution in [0.5, 0.6) is 0 Å². The van der Waals surface area contributed by atoms with Crippen LogP contribution < -0.4 is 5.32 Å². The Morgan fingerprint density at radius 1 is 0.842 bits per heavy atom. The highest BCUT2D eigenvalue weighted by Crippen LogP contribution is 2.44. The lowest BCUT2D eigenvalue weighted by molar-refractivity contribution is -0.143. The van der Waals surface area contributed by atoms with E-state index < -0.39 is 30.4 Å². The molecule has 3 aromatic carbocycles. The van der Waals surface area contributed by atoms with Gasteiger partial charge in [0, 0.05) is 38.6 Å². The zero-order chi connectivity index (χ0) is 26.5.